The maximum Gasteiger partial charge on any atom is 0.341 e. The van der Waals surface area contributed by atoms with Crippen LogP contribution >= 0.6 is 24.0 Å². The van der Waals surface area contributed by atoms with Gasteiger partial charge in [-0.15, -0.1) is 24.0 Å². The molecule has 0 aromatic heterocycles. The maximum absolute atomic E-state index is 11.7. The molecule has 7 heteroatoms. The van der Waals surface area contributed by atoms with Crippen LogP contribution in [-0.2, 0) is 11.3 Å². The van der Waals surface area contributed by atoms with Crippen molar-refractivity contribution in [1.82, 2.24) is 5.32 Å². The smallest absolute Gasteiger partial charge is 0.341 e. The topological polar surface area (TPSA) is 85.9 Å². The Morgan fingerprint density at radius 3 is 2.59 bits per heavy atom. The molecule has 0 bridgehead atoms. The number of esters is 1. The summed E-state index contributed by atoms with van der Waals surface area (Å²) in [6.07, 6.45) is 0. The zero-order valence-corrected chi connectivity index (χ0v) is 15.7. The number of carbonyl (C=O) groups excluding carboxylic acids is 1. The number of nitrogens with one attached hydrogen (secondary N) is 1. The third-order valence-corrected chi connectivity index (χ3v) is 2.79. The Morgan fingerprint density at radius 1 is 1.36 bits per heavy atom. The molecular formula is C15H24IN3O3. The van der Waals surface area contributed by atoms with Crippen molar-refractivity contribution in [3.8, 4) is 5.75 Å². The molecule has 1 aromatic rings. The lowest BCUT2D eigenvalue weighted by atomic mass is 10.1. The number of carbonyl (C=O) groups is 1. The van der Waals surface area contributed by atoms with E-state index in [-0.39, 0.29) is 24.0 Å². The molecule has 1 rings (SSSR count). The van der Waals surface area contributed by atoms with E-state index in [1.54, 1.807) is 12.1 Å². The highest BCUT2D eigenvalue weighted by Crippen LogP contribution is 2.21. The number of nitrogens with zero attached hydrogens (tertiary/aromatic N) is 1. The van der Waals surface area contributed by atoms with Gasteiger partial charge in [-0.3, -0.25) is 0 Å². The second kappa shape index (κ2) is 10.3. The van der Waals surface area contributed by atoms with E-state index in [9.17, 15) is 4.79 Å². The Morgan fingerprint density at radius 2 is 2.05 bits per heavy atom. The molecular weight excluding hydrogens is 397 g/mol. The lowest BCUT2D eigenvalue weighted by Crippen LogP contribution is -2.34. The van der Waals surface area contributed by atoms with Crippen LogP contribution in [0.15, 0.2) is 23.2 Å². The lowest BCUT2D eigenvalue weighted by Gasteiger charge is -2.09. The molecule has 1 aromatic carbocycles. The third-order valence-electron chi connectivity index (χ3n) is 2.79. The molecule has 0 amide bonds. The molecule has 0 saturated heterocycles. The molecule has 0 aliphatic carbocycles. The minimum absolute atomic E-state index is 0. The summed E-state index contributed by atoms with van der Waals surface area (Å²) in [4.78, 5) is 15.9. The number of hydrogen-bond acceptors (Lipinski definition) is 4. The molecule has 0 fully saturated rings. The second-order valence-electron chi connectivity index (χ2n) is 5.00. The van der Waals surface area contributed by atoms with E-state index in [4.69, 9.17) is 15.2 Å². The van der Waals surface area contributed by atoms with Crippen LogP contribution in [0, 0.1) is 5.92 Å². The standard InChI is InChI=1S/C15H23N3O3.HI/c1-10(2)8-17-15(16)18-9-11-5-6-13(20-3)12(7-11)14(19)21-4;/h5-7,10H,8-9H2,1-4H3,(H3,16,17,18);1H. The predicted molar refractivity (Wildman–Crippen MR) is 97.9 cm³/mol. The molecule has 0 radical (unpaired) electrons. The van der Waals surface area contributed by atoms with Gasteiger partial charge in [0.1, 0.15) is 11.3 Å². The molecule has 0 saturated carbocycles. The van der Waals surface area contributed by atoms with Crippen molar-refractivity contribution in [2.24, 2.45) is 16.6 Å². The van der Waals surface area contributed by atoms with Crippen molar-refractivity contribution < 1.29 is 14.3 Å². The van der Waals surface area contributed by atoms with E-state index in [1.165, 1.54) is 14.2 Å². The summed E-state index contributed by atoms with van der Waals surface area (Å²) in [7, 11) is 2.84. The second-order valence-corrected chi connectivity index (χ2v) is 5.00. The Balaban J connectivity index is 0.00000441. The van der Waals surface area contributed by atoms with Gasteiger partial charge in [-0.05, 0) is 23.6 Å². The van der Waals surface area contributed by atoms with Gasteiger partial charge in [0.2, 0.25) is 0 Å². The first kappa shape index (κ1) is 20.5. The molecule has 0 aliphatic heterocycles. The largest absolute Gasteiger partial charge is 0.496 e. The number of ether oxygens (including phenoxy) is 2. The van der Waals surface area contributed by atoms with Gasteiger partial charge in [0.05, 0.1) is 20.8 Å². The van der Waals surface area contributed by atoms with E-state index < -0.39 is 5.97 Å². The fourth-order valence-corrected chi connectivity index (χ4v) is 1.66. The van der Waals surface area contributed by atoms with Crippen molar-refractivity contribution in [2.45, 2.75) is 20.4 Å². The van der Waals surface area contributed by atoms with Gasteiger partial charge in [0, 0.05) is 6.54 Å². The minimum Gasteiger partial charge on any atom is -0.496 e. The maximum atomic E-state index is 11.7. The van der Waals surface area contributed by atoms with Crippen molar-refractivity contribution >= 4 is 35.9 Å². The first-order chi connectivity index (χ1) is 9.97. The Labute approximate surface area is 148 Å². The van der Waals surface area contributed by atoms with Crippen LogP contribution in [0.5, 0.6) is 5.75 Å². The molecule has 0 unspecified atom stereocenters. The highest BCUT2D eigenvalue weighted by atomic mass is 127. The van der Waals surface area contributed by atoms with Gasteiger partial charge >= 0.3 is 5.97 Å². The zero-order chi connectivity index (χ0) is 15.8. The van der Waals surface area contributed by atoms with Crippen LogP contribution in [0.4, 0.5) is 0 Å². The summed E-state index contributed by atoms with van der Waals surface area (Å²) in [5.74, 6) is 0.911. The van der Waals surface area contributed by atoms with Gasteiger partial charge in [0.15, 0.2) is 5.96 Å². The van der Waals surface area contributed by atoms with E-state index in [1.807, 2.05) is 6.07 Å². The van der Waals surface area contributed by atoms with Crippen LogP contribution in [0.25, 0.3) is 0 Å². The van der Waals surface area contributed by atoms with Crippen molar-refractivity contribution in [2.75, 3.05) is 20.8 Å². The highest BCUT2D eigenvalue weighted by molar-refractivity contribution is 14.0. The quantitative estimate of drug-likeness (QED) is 0.318. The van der Waals surface area contributed by atoms with E-state index in [2.05, 4.69) is 24.2 Å². The predicted octanol–water partition coefficient (Wildman–Crippen LogP) is 2.16. The van der Waals surface area contributed by atoms with Crippen LogP contribution < -0.4 is 15.8 Å². The fraction of sp³-hybridized carbons (Fsp3) is 0.467. The average Bonchev–Trinajstić information content (AvgIpc) is 2.49. The highest BCUT2D eigenvalue weighted by Gasteiger charge is 2.13. The van der Waals surface area contributed by atoms with Gasteiger partial charge in [0.25, 0.3) is 0 Å². The van der Waals surface area contributed by atoms with Crippen molar-refractivity contribution in [1.29, 1.82) is 0 Å². The fourth-order valence-electron chi connectivity index (χ4n) is 1.66. The first-order valence-electron chi connectivity index (χ1n) is 6.77. The first-order valence-corrected chi connectivity index (χ1v) is 6.77. The average molecular weight is 421 g/mol. The minimum atomic E-state index is -0.441. The molecule has 3 N–H and O–H groups in total. The normalized spacial score (nSPS) is 10.9. The van der Waals surface area contributed by atoms with Crippen molar-refractivity contribution in [3.63, 3.8) is 0 Å². The number of nitrogens with two attached hydrogens (primary N) is 1. The Bertz CT molecular complexity index is 519. The van der Waals surface area contributed by atoms with E-state index >= 15 is 0 Å². The molecule has 0 heterocycles. The third kappa shape index (κ3) is 6.50. The molecule has 0 spiro atoms. The van der Waals surface area contributed by atoms with Gasteiger partial charge in [-0.1, -0.05) is 19.9 Å². The number of halogens is 1. The van der Waals surface area contributed by atoms with Crippen LogP contribution in [-0.4, -0.2) is 32.7 Å². The summed E-state index contributed by atoms with van der Waals surface area (Å²) >= 11 is 0. The van der Waals surface area contributed by atoms with Gasteiger partial charge < -0.3 is 20.5 Å². The number of hydrogen-bond donors (Lipinski definition) is 2. The molecule has 6 nitrogen and oxygen atoms in total. The number of guanidine groups is 1. The molecule has 124 valence electrons. The summed E-state index contributed by atoms with van der Waals surface area (Å²) in [5, 5.41) is 3.03. The van der Waals surface area contributed by atoms with E-state index in [0.29, 0.717) is 29.7 Å². The molecule has 22 heavy (non-hydrogen) atoms. The van der Waals surface area contributed by atoms with E-state index in [0.717, 1.165) is 12.1 Å². The summed E-state index contributed by atoms with van der Waals surface area (Å²) in [6, 6.07) is 5.25. The van der Waals surface area contributed by atoms with Crippen LogP contribution in [0.3, 0.4) is 0 Å². The SMILES string of the molecule is COC(=O)c1cc(CN=C(N)NCC(C)C)ccc1OC.I. The van der Waals surface area contributed by atoms with Crippen LogP contribution in [0.2, 0.25) is 0 Å². The Hall–Kier alpha value is -1.51. The summed E-state index contributed by atoms with van der Waals surface area (Å²) in [5.41, 5.74) is 7.00. The monoisotopic (exact) mass is 421 g/mol. The van der Waals surface area contributed by atoms with Gasteiger partial charge in [-0.25, -0.2) is 9.79 Å². The summed E-state index contributed by atoms with van der Waals surface area (Å²) in [6.45, 7) is 5.33. The number of rotatable bonds is 6. The van der Waals surface area contributed by atoms with Gasteiger partial charge in [-0.2, -0.15) is 0 Å². The summed E-state index contributed by atoms with van der Waals surface area (Å²) < 4.78 is 9.87. The van der Waals surface area contributed by atoms with Crippen LogP contribution in [0.1, 0.15) is 29.8 Å². The number of methoxy groups -OCH3 is 2. The lowest BCUT2D eigenvalue weighted by molar-refractivity contribution is 0.0597. The Kier molecular flexibility index (Phi) is 9.55. The van der Waals surface area contributed by atoms with Crippen molar-refractivity contribution in [3.05, 3.63) is 29.3 Å². The number of benzene rings is 1. The molecule has 0 aliphatic rings. The zero-order valence-electron chi connectivity index (χ0n) is 13.4. The molecule has 0 atom stereocenters. The number of aliphatic imine (C=N–C) groups is 1.